The molecule has 0 saturated heterocycles. The molecule has 5 nitrogen and oxygen atoms in total. The number of ketones is 2. The van der Waals surface area contributed by atoms with Gasteiger partial charge in [-0.05, 0) is 24.8 Å². The lowest BCUT2D eigenvalue weighted by Gasteiger charge is -2.14. The van der Waals surface area contributed by atoms with Crippen LogP contribution < -0.4 is 5.32 Å². The zero-order valence-electron chi connectivity index (χ0n) is 12.8. The summed E-state index contributed by atoms with van der Waals surface area (Å²) in [6.45, 7) is 1.78. The number of nitrogens with one attached hydrogen (secondary N) is 1. The molecule has 0 saturated carbocycles. The predicted molar refractivity (Wildman–Crippen MR) is 86.2 cm³/mol. The Labute approximate surface area is 137 Å². The van der Waals surface area contributed by atoms with Crippen molar-refractivity contribution in [1.82, 2.24) is 5.32 Å². The molecule has 2 aromatic heterocycles. The number of rotatable bonds is 5. The lowest BCUT2D eigenvalue weighted by Crippen LogP contribution is -2.34. The third-order valence-electron chi connectivity index (χ3n) is 3.86. The molecule has 2 aromatic rings. The molecule has 1 aliphatic rings. The van der Waals surface area contributed by atoms with E-state index in [-0.39, 0.29) is 35.5 Å². The minimum atomic E-state index is -0.364. The Morgan fingerprint density at radius 2 is 2.22 bits per heavy atom. The number of fused-ring (bicyclic) bond motifs is 1. The highest BCUT2D eigenvalue weighted by atomic mass is 32.1. The van der Waals surface area contributed by atoms with E-state index in [2.05, 4.69) is 5.32 Å². The molecule has 23 heavy (non-hydrogen) atoms. The fraction of sp³-hybridized carbons (Fsp3) is 0.353. The number of carbonyl (C=O) groups is 3. The van der Waals surface area contributed by atoms with Gasteiger partial charge in [-0.25, -0.2) is 0 Å². The molecule has 0 bridgehead atoms. The third-order valence-corrected chi connectivity index (χ3v) is 4.77. The van der Waals surface area contributed by atoms with Crippen LogP contribution in [0.1, 0.15) is 62.3 Å². The highest BCUT2D eigenvalue weighted by Crippen LogP contribution is 2.26. The standard InChI is InChI=1S/C17H17NO4S/c1-10(8-13(20)15-6-3-7-23-15)18-17(21)11-9-22-14-5-2-4-12(19)16(11)14/h3,6-7,9-10H,2,4-5,8H2,1H3,(H,18,21). The molecule has 1 aliphatic carbocycles. The van der Waals surface area contributed by atoms with E-state index in [0.29, 0.717) is 29.0 Å². The van der Waals surface area contributed by atoms with Gasteiger partial charge in [0.25, 0.3) is 5.91 Å². The van der Waals surface area contributed by atoms with Crippen molar-refractivity contribution in [3.05, 3.63) is 45.5 Å². The van der Waals surface area contributed by atoms with Crippen LogP contribution in [0.2, 0.25) is 0 Å². The molecule has 1 atom stereocenters. The van der Waals surface area contributed by atoms with Gasteiger partial charge in [0.05, 0.1) is 16.0 Å². The normalized spacial score (nSPS) is 15.1. The van der Waals surface area contributed by atoms with Crippen LogP contribution in [0.3, 0.4) is 0 Å². The van der Waals surface area contributed by atoms with E-state index in [0.717, 1.165) is 6.42 Å². The van der Waals surface area contributed by atoms with E-state index < -0.39 is 0 Å². The number of furan rings is 1. The van der Waals surface area contributed by atoms with Gasteiger partial charge in [0.1, 0.15) is 12.0 Å². The molecule has 0 aliphatic heterocycles. The molecule has 0 fully saturated rings. The van der Waals surface area contributed by atoms with Crippen LogP contribution in [0.25, 0.3) is 0 Å². The summed E-state index contributed by atoms with van der Waals surface area (Å²) < 4.78 is 5.35. The van der Waals surface area contributed by atoms with Crippen molar-refractivity contribution in [3.63, 3.8) is 0 Å². The van der Waals surface area contributed by atoms with Crippen molar-refractivity contribution < 1.29 is 18.8 Å². The lowest BCUT2D eigenvalue weighted by atomic mass is 9.94. The van der Waals surface area contributed by atoms with E-state index in [9.17, 15) is 14.4 Å². The number of Topliss-reactive ketones (excluding diaryl/α,β-unsaturated/α-hetero) is 2. The van der Waals surface area contributed by atoms with Crippen LogP contribution in [0.15, 0.2) is 28.2 Å². The van der Waals surface area contributed by atoms with E-state index in [4.69, 9.17) is 4.42 Å². The van der Waals surface area contributed by atoms with Gasteiger partial charge in [0.15, 0.2) is 11.6 Å². The Bertz CT molecular complexity index is 745. The summed E-state index contributed by atoms with van der Waals surface area (Å²) in [5.74, 6) is 0.177. The first-order chi connectivity index (χ1) is 11.1. The van der Waals surface area contributed by atoms with Crippen LogP contribution in [0.5, 0.6) is 0 Å². The summed E-state index contributed by atoms with van der Waals surface area (Å²) in [5, 5.41) is 4.63. The van der Waals surface area contributed by atoms with Gasteiger partial charge in [-0.1, -0.05) is 6.07 Å². The Hall–Kier alpha value is -2.21. The maximum atomic E-state index is 12.4. The van der Waals surface area contributed by atoms with E-state index in [1.165, 1.54) is 17.6 Å². The molecule has 1 unspecified atom stereocenters. The molecule has 2 heterocycles. The number of amides is 1. The van der Waals surface area contributed by atoms with Crippen LogP contribution in [-0.2, 0) is 6.42 Å². The number of thiophene rings is 1. The quantitative estimate of drug-likeness (QED) is 0.853. The van der Waals surface area contributed by atoms with Gasteiger partial charge in [-0.15, -0.1) is 11.3 Å². The molecule has 120 valence electrons. The van der Waals surface area contributed by atoms with Crippen LogP contribution in [0.4, 0.5) is 0 Å². The molecule has 0 aromatic carbocycles. The lowest BCUT2D eigenvalue weighted by molar-refractivity contribution is 0.0903. The molecule has 3 rings (SSSR count). The first-order valence-corrected chi connectivity index (χ1v) is 8.45. The first kappa shape index (κ1) is 15.7. The van der Waals surface area contributed by atoms with E-state index in [1.54, 1.807) is 13.0 Å². The smallest absolute Gasteiger partial charge is 0.255 e. The summed E-state index contributed by atoms with van der Waals surface area (Å²) in [4.78, 5) is 37.1. The number of carbonyl (C=O) groups excluding carboxylic acids is 3. The van der Waals surface area contributed by atoms with Crippen LogP contribution >= 0.6 is 11.3 Å². The van der Waals surface area contributed by atoms with Gasteiger partial charge < -0.3 is 9.73 Å². The van der Waals surface area contributed by atoms with Gasteiger partial charge in [-0.3, -0.25) is 14.4 Å². The second-order valence-corrected chi connectivity index (χ2v) is 6.65. The zero-order valence-corrected chi connectivity index (χ0v) is 13.6. The maximum Gasteiger partial charge on any atom is 0.255 e. The van der Waals surface area contributed by atoms with Crippen molar-refractivity contribution in [3.8, 4) is 0 Å². The second-order valence-electron chi connectivity index (χ2n) is 5.70. The van der Waals surface area contributed by atoms with Crippen molar-refractivity contribution >= 4 is 28.8 Å². The van der Waals surface area contributed by atoms with Crippen molar-refractivity contribution in [1.29, 1.82) is 0 Å². The third kappa shape index (κ3) is 3.27. The monoisotopic (exact) mass is 331 g/mol. The first-order valence-electron chi connectivity index (χ1n) is 7.57. The minimum Gasteiger partial charge on any atom is -0.468 e. The Balaban J connectivity index is 1.66. The highest BCUT2D eigenvalue weighted by molar-refractivity contribution is 7.12. The summed E-state index contributed by atoms with van der Waals surface area (Å²) in [7, 11) is 0. The highest BCUT2D eigenvalue weighted by Gasteiger charge is 2.28. The van der Waals surface area contributed by atoms with Crippen molar-refractivity contribution in [2.45, 2.75) is 38.6 Å². The SMILES string of the molecule is CC(CC(=O)c1cccs1)NC(=O)c1coc2c1C(=O)CCC2. The Morgan fingerprint density at radius 1 is 1.39 bits per heavy atom. The molecular weight excluding hydrogens is 314 g/mol. The Morgan fingerprint density at radius 3 is 2.96 bits per heavy atom. The molecule has 1 N–H and O–H groups in total. The topological polar surface area (TPSA) is 76.4 Å². The summed E-state index contributed by atoms with van der Waals surface area (Å²) in [6.07, 6.45) is 3.45. The van der Waals surface area contributed by atoms with Gasteiger partial charge in [0, 0.05) is 25.3 Å². The number of hydrogen-bond acceptors (Lipinski definition) is 5. The van der Waals surface area contributed by atoms with Gasteiger partial charge >= 0.3 is 0 Å². The molecule has 6 heteroatoms. The molecule has 0 spiro atoms. The predicted octanol–water partition coefficient (Wildman–Crippen LogP) is 3.25. The summed E-state index contributed by atoms with van der Waals surface area (Å²) in [6, 6.07) is 3.28. The van der Waals surface area contributed by atoms with Crippen molar-refractivity contribution in [2.75, 3.05) is 0 Å². The average Bonchev–Trinajstić information content (AvgIpc) is 3.17. The van der Waals surface area contributed by atoms with E-state index in [1.807, 2.05) is 11.4 Å². The fourth-order valence-corrected chi connectivity index (χ4v) is 3.43. The molecular formula is C17H17NO4S. The van der Waals surface area contributed by atoms with Gasteiger partial charge in [0.2, 0.25) is 0 Å². The van der Waals surface area contributed by atoms with Gasteiger partial charge in [-0.2, -0.15) is 0 Å². The van der Waals surface area contributed by atoms with Crippen molar-refractivity contribution in [2.24, 2.45) is 0 Å². The second kappa shape index (κ2) is 6.50. The van der Waals surface area contributed by atoms with E-state index >= 15 is 0 Å². The molecule has 1 amide bonds. The molecule has 0 radical (unpaired) electrons. The Kier molecular flexibility index (Phi) is 4.43. The number of hydrogen-bond donors (Lipinski definition) is 1. The van der Waals surface area contributed by atoms with Crippen LogP contribution in [0, 0.1) is 0 Å². The summed E-state index contributed by atoms with van der Waals surface area (Å²) in [5.41, 5.74) is 0.686. The average molecular weight is 331 g/mol. The van der Waals surface area contributed by atoms with Crippen LogP contribution in [-0.4, -0.2) is 23.5 Å². The maximum absolute atomic E-state index is 12.4. The minimum absolute atomic E-state index is 0.00176. The number of aryl methyl sites for hydroxylation is 1. The summed E-state index contributed by atoms with van der Waals surface area (Å²) >= 11 is 1.39. The zero-order chi connectivity index (χ0) is 16.4. The largest absolute Gasteiger partial charge is 0.468 e. The fourth-order valence-electron chi connectivity index (χ4n) is 2.76.